The second-order valence-corrected chi connectivity index (χ2v) is 3.88. The molecule has 0 heterocycles. The fourth-order valence-corrected chi connectivity index (χ4v) is 1.56. The van der Waals surface area contributed by atoms with E-state index in [9.17, 15) is 0 Å². The summed E-state index contributed by atoms with van der Waals surface area (Å²) in [5.74, 6) is 0.931. The van der Waals surface area contributed by atoms with Crippen LogP contribution in [0.1, 0.15) is 12.5 Å². The molecule has 0 aliphatic rings. The lowest BCUT2D eigenvalue weighted by atomic mass is 10.2. The monoisotopic (exact) mass is 224 g/mol. The largest absolute Gasteiger partial charge is 0.344 e. The lowest BCUT2D eigenvalue weighted by Crippen LogP contribution is -2.07. The lowest BCUT2D eigenvalue weighted by Gasteiger charge is -2.05. The highest BCUT2D eigenvalue weighted by molar-refractivity contribution is 5.93. The van der Waals surface area contributed by atoms with Crippen molar-refractivity contribution in [3.63, 3.8) is 0 Å². The average molecular weight is 224 g/mol. The molecule has 17 heavy (non-hydrogen) atoms. The normalized spacial score (nSPS) is 11.2. The number of amidine groups is 1. The fraction of sp³-hybridized carbons (Fsp3) is 0.133. The van der Waals surface area contributed by atoms with E-state index in [0.717, 1.165) is 11.5 Å². The molecule has 0 spiro atoms. The van der Waals surface area contributed by atoms with Gasteiger partial charge in [0.2, 0.25) is 0 Å². The van der Waals surface area contributed by atoms with Crippen LogP contribution in [0.3, 0.4) is 0 Å². The van der Waals surface area contributed by atoms with Gasteiger partial charge in [0.05, 0.1) is 12.4 Å². The summed E-state index contributed by atoms with van der Waals surface area (Å²) in [5, 5.41) is 3.26. The summed E-state index contributed by atoms with van der Waals surface area (Å²) in [4.78, 5) is 4.50. The van der Waals surface area contributed by atoms with Crippen LogP contribution in [0.15, 0.2) is 65.7 Å². The molecule has 0 aliphatic heterocycles. The molecule has 1 N–H and O–H groups in total. The van der Waals surface area contributed by atoms with E-state index in [1.54, 1.807) is 0 Å². The average Bonchev–Trinajstić information content (AvgIpc) is 2.39. The van der Waals surface area contributed by atoms with Crippen LogP contribution >= 0.6 is 0 Å². The summed E-state index contributed by atoms with van der Waals surface area (Å²) in [5.41, 5.74) is 2.29. The van der Waals surface area contributed by atoms with E-state index in [4.69, 9.17) is 0 Å². The van der Waals surface area contributed by atoms with E-state index in [-0.39, 0.29) is 0 Å². The third-order valence-corrected chi connectivity index (χ3v) is 2.44. The van der Waals surface area contributed by atoms with Gasteiger partial charge >= 0.3 is 0 Å². The van der Waals surface area contributed by atoms with Gasteiger partial charge in [-0.15, -0.1) is 0 Å². The van der Waals surface area contributed by atoms with Gasteiger partial charge in [-0.05, 0) is 24.6 Å². The van der Waals surface area contributed by atoms with Crippen molar-refractivity contribution in [2.24, 2.45) is 4.99 Å². The van der Waals surface area contributed by atoms with Gasteiger partial charge < -0.3 is 5.32 Å². The highest BCUT2D eigenvalue weighted by Gasteiger charge is 1.93. The number of rotatable bonds is 3. The van der Waals surface area contributed by atoms with E-state index >= 15 is 0 Å². The summed E-state index contributed by atoms with van der Waals surface area (Å²) in [6, 6.07) is 20.3. The van der Waals surface area contributed by atoms with Gasteiger partial charge in [0.25, 0.3) is 0 Å². The molecular formula is C15H16N2. The molecule has 2 rings (SSSR count). The lowest BCUT2D eigenvalue weighted by molar-refractivity contribution is 1.06. The van der Waals surface area contributed by atoms with Crippen LogP contribution in [0.5, 0.6) is 0 Å². The van der Waals surface area contributed by atoms with E-state index < -0.39 is 0 Å². The number of benzene rings is 2. The van der Waals surface area contributed by atoms with Gasteiger partial charge in [0, 0.05) is 5.69 Å². The standard InChI is InChI=1S/C15H16N2/c1-13(17-15-10-6-3-7-11-15)16-12-14-8-4-2-5-9-14/h2-11H,12H2,1H3,(H,16,17). The van der Waals surface area contributed by atoms with Crippen LogP contribution in [0.2, 0.25) is 0 Å². The molecule has 2 nitrogen and oxygen atoms in total. The zero-order valence-corrected chi connectivity index (χ0v) is 9.93. The van der Waals surface area contributed by atoms with Crippen LogP contribution in [0.25, 0.3) is 0 Å². The fourth-order valence-electron chi connectivity index (χ4n) is 1.56. The van der Waals surface area contributed by atoms with Crippen LogP contribution in [0.4, 0.5) is 5.69 Å². The van der Waals surface area contributed by atoms with Gasteiger partial charge in [-0.3, -0.25) is 4.99 Å². The number of nitrogens with one attached hydrogen (secondary N) is 1. The second-order valence-electron chi connectivity index (χ2n) is 3.88. The summed E-state index contributed by atoms with van der Waals surface area (Å²) in [7, 11) is 0. The number of aliphatic imine (C=N–C) groups is 1. The van der Waals surface area contributed by atoms with E-state index in [1.165, 1.54) is 5.56 Å². The Hall–Kier alpha value is -2.09. The predicted molar refractivity (Wildman–Crippen MR) is 73.3 cm³/mol. The maximum Gasteiger partial charge on any atom is 0.0979 e. The summed E-state index contributed by atoms with van der Waals surface area (Å²) >= 11 is 0. The number of hydrogen-bond donors (Lipinski definition) is 1. The Labute approximate surface area is 102 Å². The van der Waals surface area contributed by atoms with Crippen molar-refractivity contribution >= 4 is 11.5 Å². The summed E-state index contributed by atoms with van der Waals surface area (Å²) < 4.78 is 0. The van der Waals surface area contributed by atoms with Crippen molar-refractivity contribution in [2.75, 3.05) is 5.32 Å². The highest BCUT2D eigenvalue weighted by atomic mass is 15.0. The number of para-hydroxylation sites is 1. The van der Waals surface area contributed by atoms with Crippen molar-refractivity contribution in [2.45, 2.75) is 13.5 Å². The molecule has 0 bridgehead atoms. The maximum atomic E-state index is 4.50. The van der Waals surface area contributed by atoms with Crippen LogP contribution < -0.4 is 5.32 Å². The molecule has 2 aromatic rings. The highest BCUT2D eigenvalue weighted by Crippen LogP contribution is 2.06. The molecule has 0 atom stereocenters. The Bertz CT molecular complexity index is 475. The number of nitrogens with zero attached hydrogens (tertiary/aromatic N) is 1. The van der Waals surface area contributed by atoms with Gasteiger partial charge in [-0.2, -0.15) is 0 Å². The minimum atomic E-state index is 0.715. The van der Waals surface area contributed by atoms with E-state index in [2.05, 4.69) is 22.4 Å². The topological polar surface area (TPSA) is 24.4 Å². The van der Waals surface area contributed by atoms with Crippen molar-refractivity contribution in [1.29, 1.82) is 0 Å². The Morgan fingerprint density at radius 1 is 0.941 bits per heavy atom. The summed E-state index contributed by atoms with van der Waals surface area (Å²) in [6.45, 7) is 2.70. The molecule has 0 aliphatic carbocycles. The van der Waals surface area contributed by atoms with Crippen molar-refractivity contribution in [3.8, 4) is 0 Å². The van der Waals surface area contributed by atoms with Gasteiger partial charge in [-0.25, -0.2) is 0 Å². The first-order valence-corrected chi connectivity index (χ1v) is 5.71. The first kappa shape index (κ1) is 11.4. The molecule has 0 saturated carbocycles. The van der Waals surface area contributed by atoms with Gasteiger partial charge in [0.1, 0.15) is 0 Å². The quantitative estimate of drug-likeness (QED) is 0.623. The predicted octanol–water partition coefficient (Wildman–Crippen LogP) is 3.72. The molecule has 2 aromatic carbocycles. The molecular weight excluding hydrogens is 208 g/mol. The summed E-state index contributed by atoms with van der Waals surface area (Å²) in [6.07, 6.45) is 0. The van der Waals surface area contributed by atoms with E-state index in [0.29, 0.717) is 6.54 Å². The molecule has 0 aromatic heterocycles. The van der Waals surface area contributed by atoms with Crippen LogP contribution in [0, 0.1) is 0 Å². The minimum absolute atomic E-state index is 0.715. The molecule has 0 amide bonds. The molecule has 0 saturated heterocycles. The molecule has 0 radical (unpaired) electrons. The Morgan fingerprint density at radius 3 is 2.18 bits per heavy atom. The Morgan fingerprint density at radius 2 is 1.53 bits per heavy atom. The zero-order chi connectivity index (χ0) is 11.9. The van der Waals surface area contributed by atoms with E-state index in [1.807, 2.05) is 55.5 Å². The SMILES string of the molecule is CC(=NCc1ccccc1)Nc1ccccc1. The van der Waals surface area contributed by atoms with Crippen molar-refractivity contribution in [3.05, 3.63) is 66.2 Å². The molecule has 0 fully saturated rings. The maximum absolute atomic E-state index is 4.50. The Kier molecular flexibility index (Phi) is 3.92. The van der Waals surface area contributed by atoms with Crippen LogP contribution in [-0.4, -0.2) is 5.84 Å². The molecule has 2 heteroatoms. The van der Waals surface area contributed by atoms with Crippen molar-refractivity contribution < 1.29 is 0 Å². The molecule has 86 valence electrons. The third-order valence-electron chi connectivity index (χ3n) is 2.44. The van der Waals surface area contributed by atoms with Gasteiger partial charge in [0.15, 0.2) is 0 Å². The number of hydrogen-bond acceptors (Lipinski definition) is 1. The first-order chi connectivity index (χ1) is 8.34. The van der Waals surface area contributed by atoms with Crippen LogP contribution in [-0.2, 0) is 6.54 Å². The van der Waals surface area contributed by atoms with Gasteiger partial charge in [-0.1, -0.05) is 48.5 Å². The van der Waals surface area contributed by atoms with Crippen molar-refractivity contribution in [1.82, 2.24) is 0 Å². The smallest absolute Gasteiger partial charge is 0.0979 e. The molecule has 0 unspecified atom stereocenters. The number of anilines is 1. The third kappa shape index (κ3) is 3.76. The first-order valence-electron chi connectivity index (χ1n) is 5.71. The Balaban J connectivity index is 1.94. The zero-order valence-electron chi connectivity index (χ0n) is 9.93. The second kappa shape index (κ2) is 5.85. The minimum Gasteiger partial charge on any atom is -0.344 e.